The third-order valence-corrected chi connectivity index (χ3v) is 21.5. The van der Waals surface area contributed by atoms with Gasteiger partial charge in [-0.3, -0.25) is 34.3 Å². The van der Waals surface area contributed by atoms with Crippen LogP contribution in [0.25, 0.3) is 11.1 Å². The Bertz CT molecular complexity index is 4390. The number of nitrogens with zero attached hydrogens (tertiary/aromatic N) is 3. The van der Waals surface area contributed by atoms with Crippen LogP contribution in [0.1, 0.15) is 156 Å². The fourth-order valence-electron chi connectivity index (χ4n) is 14.4. The zero-order chi connectivity index (χ0) is 79.6. The van der Waals surface area contributed by atoms with Gasteiger partial charge in [-0.1, -0.05) is 167 Å². The number of amides is 7. The average molecular weight is 1530 g/mol. The highest BCUT2D eigenvalue weighted by molar-refractivity contribution is 7.90. The van der Waals surface area contributed by atoms with Gasteiger partial charge in [0.15, 0.2) is 0 Å². The number of sulfonamides is 1. The Hall–Kier alpha value is -11.1. The molecular weight excluding hydrogens is 1420 g/mol. The molecule has 1 aromatic heterocycles. The molecule has 586 valence electrons. The van der Waals surface area contributed by atoms with Crippen LogP contribution >= 0.6 is 0 Å². The number of carboxylic acid groups (broad SMARTS) is 1. The van der Waals surface area contributed by atoms with Crippen LogP contribution < -0.4 is 46.7 Å². The number of carbonyl (C=O) groups is 8. The van der Waals surface area contributed by atoms with Crippen LogP contribution in [-0.4, -0.2) is 157 Å². The molecule has 7 aromatic rings. The van der Waals surface area contributed by atoms with E-state index in [0.29, 0.717) is 34.6 Å². The molecule has 27 heteroatoms. The zero-order valence-corrected chi connectivity index (χ0v) is 65.2. The Balaban J connectivity index is 0.961. The molecule has 6 atom stereocenters. The highest BCUT2D eigenvalue weighted by atomic mass is 32.2. The number of aromatic nitrogens is 2. The second-order valence-electron chi connectivity index (χ2n) is 29.8. The maximum absolute atomic E-state index is 15.5. The van der Waals surface area contributed by atoms with Crippen LogP contribution in [0.2, 0.25) is 0 Å². The first-order chi connectivity index (χ1) is 52.4. The first-order valence-electron chi connectivity index (χ1n) is 37.4. The topological polar surface area (TPSA) is 360 Å². The lowest BCUT2D eigenvalue weighted by Crippen LogP contribution is -2.60. The highest BCUT2D eigenvalue weighted by Gasteiger charge is 2.42. The number of carboxylic acids is 1. The molecule has 1 aliphatic carbocycles. The third kappa shape index (κ3) is 20.6. The molecule has 0 saturated carbocycles. The summed E-state index contributed by atoms with van der Waals surface area (Å²) in [5.74, 6) is -6.53. The Morgan fingerprint density at radius 1 is 0.645 bits per heavy atom. The number of alkyl carbamates (subject to hydrolysis) is 1. The van der Waals surface area contributed by atoms with E-state index in [2.05, 4.69) is 41.9 Å². The molecule has 0 radical (unpaired) electrons. The molecule has 1 saturated heterocycles. The number of fused-ring (bicyclic) bond motifs is 3. The third-order valence-electron chi connectivity index (χ3n) is 19.9. The van der Waals surface area contributed by atoms with Crippen molar-refractivity contribution in [1.82, 2.24) is 56.4 Å². The van der Waals surface area contributed by atoms with Crippen LogP contribution in [0.4, 0.5) is 9.59 Å². The number of nitrogens with one attached hydrogen (secondary N) is 9. The summed E-state index contributed by atoms with van der Waals surface area (Å²) >= 11 is 0. The summed E-state index contributed by atoms with van der Waals surface area (Å²) in [5, 5.41) is 38.4. The van der Waals surface area contributed by atoms with Crippen molar-refractivity contribution in [2.75, 3.05) is 33.4 Å². The predicted molar refractivity (Wildman–Crippen MR) is 417 cm³/mol. The number of unbranched alkanes of at least 4 members (excludes halogenated alkanes) is 1. The van der Waals surface area contributed by atoms with E-state index in [1.165, 1.54) is 12.0 Å². The standard InChI is InChI=1S/C83H104N12O14S/c1-51(2)45-67(74(97)88-65(39-25-26-42-86-80(103)109-82(8,9)10)73(96)89-66(78(101)102)40-27-43-85-79(84)93-110(105,106)72-53(5)46-70(107-11)54(6)55(72)7)90-75(98)68(47-59-48-94(50-87-59)83(56-29-15-12-16-30-56,57-31-17-13-18-32-57)58-33-19-14-20-34-58)91-77(100)71(52(3)4)92-76(99)69-41-28-44-95(69)81(104)108-49-64-62-37-23-21-35-60(62)61-36-22-24-38-63(61)64/h12-24,29-38,46,48,50-52,64-69,71H,25-28,39-45,47,49H2,1-11H3,(H,86,103)(H,88,97)(H,89,96)(H,90,98)(H,91,100)(H,92,99)(H,101,102)(H3,84,85,93)/t65-,66-,67-,68-,69-,71-/m0/s1. The summed E-state index contributed by atoms with van der Waals surface area (Å²) in [6.45, 7) is 17.5. The molecule has 10 N–H and O–H groups in total. The number of benzene rings is 6. The first kappa shape index (κ1) is 83.0. The molecule has 0 unspecified atom stereocenters. The number of ether oxygens (including phenoxy) is 3. The van der Waals surface area contributed by atoms with E-state index >= 15 is 14.4 Å². The van der Waals surface area contributed by atoms with Gasteiger partial charge in [0.05, 0.1) is 24.0 Å². The normalized spacial score (nSPS) is 14.8. The fourth-order valence-corrected chi connectivity index (χ4v) is 15.9. The summed E-state index contributed by atoms with van der Waals surface area (Å²) in [6.07, 6.45) is 2.80. The molecule has 9 rings (SSSR count). The number of likely N-dealkylation sites (tertiary alicyclic amines) is 1. The Labute approximate surface area is 643 Å². The smallest absolute Gasteiger partial charge is 0.410 e. The summed E-state index contributed by atoms with van der Waals surface area (Å²) in [6, 6.07) is 38.9. The minimum absolute atomic E-state index is 0.00410. The summed E-state index contributed by atoms with van der Waals surface area (Å²) in [7, 11) is -2.79. The van der Waals surface area contributed by atoms with Gasteiger partial charge in [0.2, 0.25) is 35.5 Å². The number of rotatable bonds is 34. The van der Waals surface area contributed by atoms with E-state index in [1.54, 1.807) is 74.0 Å². The van der Waals surface area contributed by atoms with E-state index in [9.17, 15) is 37.5 Å². The van der Waals surface area contributed by atoms with Crippen LogP contribution in [0, 0.1) is 38.0 Å². The fraction of sp³-hybridized carbons (Fsp3) is 0.422. The van der Waals surface area contributed by atoms with Crippen LogP contribution in [-0.2, 0) is 60.2 Å². The van der Waals surface area contributed by atoms with Gasteiger partial charge in [-0.2, -0.15) is 0 Å². The number of imidazole rings is 1. The molecule has 6 aromatic carbocycles. The Morgan fingerprint density at radius 3 is 1.74 bits per heavy atom. The number of aliphatic carboxylic acids is 1. The zero-order valence-electron chi connectivity index (χ0n) is 64.4. The van der Waals surface area contributed by atoms with Crippen molar-refractivity contribution in [2.24, 2.45) is 11.8 Å². The summed E-state index contributed by atoms with van der Waals surface area (Å²) in [4.78, 5) is 121. The SMILES string of the molecule is COc1cc(C)c(S(=O)(=O)NC(=N)NCCC[C@H](NC(=O)[C@H](CCCCNC(=O)OC(C)(C)C)NC(=O)[C@H](CC(C)C)NC(=O)[C@H](Cc2cn(C(c3ccccc3)(c3ccccc3)c3ccccc3)cn2)NC(=O)[C@@H](NC(=O)[C@@H]2CCCN2C(=O)OCC2c3ccccc3-c3ccccc32)C(C)C)C(=O)O)c(C)c1C. The molecule has 2 heterocycles. The average Bonchev–Trinajstić information content (AvgIpc) is 0.999. The quantitative estimate of drug-likeness (QED) is 0.00776. The Kier molecular flexibility index (Phi) is 28.2. The molecule has 2 aliphatic rings. The molecule has 0 spiro atoms. The highest BCUT2D eigenvalue weighted by Crippen LogP contribution is 2.45. The number of hydrogen-bond acceptors (Lipinski definition) is 15. The predicted octanol–water partition coefficient (Wildman–Crippen LogP) is 9.80. The number of aryl methyl sites for hydroxylation is 1. The summed E-state index contributed by atoms with van der Waals surface area (Å²) in [5.41, 5.74) is 6.75. The molecule has 110 heavy (non-hydrogen) atoms. The largest absolute Gasteiger partial charge is 0.496 e. The second-order valence-corrected chi connectivity index (χ2v) is 31.5. The minimum Gasteiger partial charge on any atom is -0.496 e. The second kappa shape index (κ2) is 37.3. The lowest BCUT2D eigenvalue weighted by molar-refractivity contribution is -0.142. The van der Waals surface area contributed by atoms with Gasteiger partial charge >= 0.3 is 18.2 Å². The molecule has 1 fully saturated rings. The van der Waals surface area contributed by atoms with Crippen molar-refractivity contribution in [3.63, 3.8) is 0 Å². The number of methoxy groups -OCH3 is 1. The van der Waals surface area contributed by atoms with Crippen molar-refractivity contribution >= 4 is 63.7 Å². The molecule has 0 bridgehead atoms. The number of carbonyl (C=O) groups excluding carboxylic acids is 7. The van der Waals surface area contributed by atoms with Crippen LogP contribution in [0.5, 0.6) is 5.75 Å². The van der Waals surface area contributed by atoms with Gasteiger partial charge in [0, 0.05) is 38.2 Å². The van der Waals surface area contributed by atoms with Crippen molar-refractivity contribution in [1.29, 1.82) is 5.41 Å². The van der Waals surface area contributed by atoms with E-state index in [4.69, 9.17) is 24.6 Å². The molecule has 7 amide bonds. The molecule has 1 aliphatic heterocycles. The first-order valence-corrected chi connectivity index (χ1v) is 38.9. The van der Waals surface area contributed by atoms with E-state index in [0.717, 1.165) is 38.9 Å². The van der Waals surface area contributed by atoms with Gasteiger partial charge in [-0.05, 0) is 166 Å². The monoisotopic (exact) mass is 1520 g/mol. The lowest BCUT2D eigenvalue weighted by atomic mass is 9.77. The van der Waals surface area contributed by atoms with Gasteiger partial charge in [-0.25, -0.2) is 32.5 Å². The van der Waals surface area contributed by atoms with Gasteiger partial charge in [0.1, 0.15) is 59.7 Å². The Morgan fingerprint density at radius 2 is 1.17 bits per heavy atom. The van der Waals surface area contributed by atoms with Gasteiger partial charge in [0.25, 0.3) is 10.0 Å². The van der Waals surface area contributed by atoms with Crippen molar-refractivity contribution in [3.05, 3.63) is 208 Å². The van der Waals surface area contributed by atoms with Crippen LogP contribution in [0.3, 0.4) is 0 Å². The van der Waals surface area contributed by atoms with E-state index in [-0.39, 0.29) is 94.3 Å². The number of hydrogen-bond donors (Lipinski definition) is 10. The number of guanidine groups is 1. The summed E-state index contributed by atoms with van der Waals surface area (Å²) < 4.78 is 48.1. The van der Waals surface area contributed by atoms with Crippen molar-refractivity contribution in [3.8, 4) is 16.9 Å². The van der Waals surface area contributed by atoms with Crippen LogP contribution in [0.15, 0.2) is 163 Å². The van der Waals surface area contributed by atoms with Gasteiger partial charge in [-0.15, -0.1) is 0 Å². The van der Waals surface area contributed by atoms with E-state index in [1.807, 2.05) is 158 Å². The van der Waals surface area contributed by atoms with Crippen molar-refractivity contribution < 1.29 is 66.1 Å². The lowest BCUT2D eigenvalue weighted by Gasteiger charge is -2.37. The molecule has 26 nitrogen and oxygen atoms in total. The van der Waals surface area contributed by atoms with E-state index < -0.39 is 117 Å². The van der Waals surface area contributed by atoms with Gasteiger partial charge < -0.3 is 61.1 Å². The molecular formula is C83H104N12O14S. The minimum atomic E-state index is -4.27. The van der Waals surface area contributed by atoms with Crippen molar-refractivity contribution in [2.45, 2.75) is 185 Å². The maximum Gasteiger partial charge on any atom is 0.410 e. The maximum atomic E-state index is 15.5.